The molecule has 1 aliphatic rings. The number of primary amides is 1. The third-order valence-corrected chi connectivity index (χ3v) is 5.80. The lowest BCUT2D eigenvalue weighted by atomic mass is 9.99. The summed E-state index contributed by atoms with van der Waals surface area (Å²) >= 11 is 0. The van der Waals surface area contributed by atoms with Crippen molar-refractivity contribution in [1.82, 2.24) is 15.2 Å². The van der Waals surface area contributed by atoms with E-state index in [4.69, 9.17) is 15.2 Å². The van der Waals surface area contributed by atoms with Gasteiger partial charge in [0, 0.05) is 35.3 Å². The summed E-state index contributed by atoms with van der Waals surface area (Å²) in [6, 6.07) is 11.8. The van der Waals surface area contributed by atoms with E-state index in [0.717, 1.165) is 18.8 Å². The Morgan fingerprint density at radius 2 is 2.03 bits per heavy atom. The predicted molar refractivity (Wildman–Crippen MR) is 123 cm³/mol. The number of aromatic nitrogens is 3. The Hall–Kier alpha value is -3.98. The summed E-state index contributed by atoms with van der Waals surface area (Å²) in [5, 5.41) is 8.09. The van der Waals surface area contributed by atoms with Crippen molar-refractivity contribution in [1.29, 1.82) is 0 Å². The van der Waals surface area contributed by atoms with Gasteiger partial charge < -0.3 is 20.1 Å². The van der Waals surface area contributed by atoms with Crippen LogP contribution in [0.2, 0.25) is 0 Å². The topological polar surface area (TPSA) is 106 Å². The number of carbonyl (C=O) groups is 1. The molecule has 0 atom stereocenters. The first-order valence-electron chi connectivity index (χ1n) is 10.5. The summed E-state index contributed by atoms with van der Waals surface area (Å²) in [4.78, 5) is 18.8. The fraction of sp³-hybridized carbons (Fsp3) is 0.208. The number of ether oxygens (including phenoxy) is 2. The number of H-pyrrole nitrogens is 1. The van der Waals surface area contributed by atoms with Crippen LogP contribution in [0.5, 0.6) is 5.75 Å². The Bertz CT molecular complexity index is 1350. The molecule has 33 heavy (non-hydrogen) atoms. The van der Waals surface area contributed by atoms with Crippen LogP contribution in [0.4, 0.5) is 10.1 Å². The van der Waals surface area contributed by atoms with Crippen LogP contribution in [0.3, 0.4) is 0 Å². The van der Waals surface area contributed by atoms with Gasteiger partial charge in [0.25, 0.3) is 0 Å². The van der Waals surface area contributed by atoms with Crippen molar-refractivity contribution < 1.29 is 18.7 Å². The maximum absolute atomic E-state index is 14.7. The molecule has 1 fully saturated rings. The molecule has 4 aromatic rings. The number of morpholine rings is 1. The van der Waals surface area contributed by atoms with E-state index in [0.29, 0.717) is 52.4 Å². The molecule has 3 heterocycles. The fourth-order valence-corrected chi connectivity index (χ4v) is 4.14. The predicted octanol–water partition coefficient (Wildman–Crippen LogP) is 3.38. The molecule has 2 aromatic heterocycles. The number of halogens is 1. The molecule has 0 spiro atoms. The number of methoxy groups -OCH3 is 1. The summed E-state index contributed by atoms with van der Waals surface area (Å²) < 4.78 is 25.5. The van der Waals surface area contributed by atoms with Crippen LogP contribution in [0.15, 0.2) is 48.7 Å². The van der Waals surface area contributed by atoms with Gasteiger partial charge in [0.15, 0.2) is 0 Å². The van der Waals surface area contributed by atoms with Crippen molar-refractivity contribution >= 4 is 22.5 Å². The lowest BCUT2D eigenvalue weighted by molar-refractivity contribution is 0.100. The van der Waals surface area contributed by atoms with E-state index in [1.54, 1.807) is 30.5 Å². The number of pyridine rings is 1. The summed E-state index contributed by atoms with van der Waals surface area (Å²) in [6.07, 6.45) is 1.59. The molecule has 2 aromatic carbocycles. The minimum Gasteiger partial charge on any atom is -0.496 e. The van der Waals surface area contributed by atoms with Crippen LogP contribution in [0.1, 0.15) is 10.4 Å². The number of amides is 1. The summed E-state index contributed by atoms with van der Waals surface area (Å²) in [5.41, 5.74) is 9.40. The lowest BCUT2D eigenvalue weighted by Crippen LogP contribution is -2.36. The highest BCUT2D eigenvalue weighted by molar-refractivity contribution is 6.05. The zero-order chi connectivity index (χ0) is 22.9. The number of nitrogens with two attached hydrogens (primary N) is 1. The van der Waals surface area contributed by atoms with Gasteiger partial charge in [0.05, 0.1) is 43.3 Å². The Kier molecular flexibility index (Phi) is 5.39. The molecule has 9 heteroatoms. The molecule has 8 nitrogen and oxygen atoms in total. The minimum atomic E-state index is -0.556. The van der Waals surface area contributed by atoms with Gasteiger partial charge in [0.1, 0.15) is 17.3 Å². The highest BCUT2D eigenvalue weighted by Gasteiger charge is 2.21. The molecule has 0 aliphatic carbocycles. The third-order valence-electron chi connectivity index (χ3n) is 5.80. The van der Waals surface area contributed by atoms with Crippen LogP contribution in [-0.4, -0.2) is 54.5 Å². The largest absolute Gasteiger partial charge is 0.496 e. The van der Waals surface area contributed by atoms with E-state index in [1.165, 1.54) is 13.2 Å². The molecule has 1 aliphatic heterocycles. The molecule has 0 radical (unpaired) electrons. The second kappa shape index (κ2) is 8.51. The van der Waals surface area contributed by atoms with Gasteiger partial charge in [-0.2, -0.15) is 5.10 Å². The van der Waals surface area contributed by atoms with Gasteiger partial charge in [-0.05, 0) is 36.4 Å². The smallest absolute Gasteiger partial charge is 0.249 e. The number of nitrogens with one attached hydrogen (secondary N) is 1. The van der Waals surface area contributed by atoms with Gasteiger partial charge in [-0.15, -0.1) is 0 Å². The summed E-state index contributed by atoms with van der Waals surface area (Å²) in [7, 11) is 1.48. The van der Waals surface area contributed by atoms with Gasteiger partial charge >= 0.3 is 0 Å². The number of hydrogen-bond acceptors (Lipinski definition) is 6. The normalized spacial score (nSPS) is 13.9. The molecular weight excluding hydrogens is 425 g/mol. The third kappa shape index (κ3) is 3.76. The van der Waals surface area contributed by atoms with E-state index in [2.05, 4.69) is 20.1 Å². The zero-order valence-electron chi connectivity index (χ0n) is 18.0. The van der Waals surface area contributed by atoms with Crippen LogP contribution in [0, 0.1) is 5.82 Å². The maximum Gasteiger partial charge on any atom is 0.249 e. The van der Waals surface area contributed by atoms with Crippen LogP contribution in [0.25, 0.3) is 33.4 Å². The van der Waals surface area contributed by atoms with Crippen molar-refractivity contribution in [3.63, 3.8) is 0 Å². The molecule has 0 bridgehead atoms. The highest BCUT2D eigenvalue weighted by Crippen LogP contribution is 2.36. The second-order valence-electron chi connectivity index (χ2n) is 7.70. The Balaban J connectivity index is 1.68. The SMILES string of the molecule is COc1cccc(F)c1-c1cc2c(-c3cc(N4CCOCC4)ccc3C(N)=O)n[nH]c2cn1. The number of carbonyl (C=O) groups excluding carboxylic acids is 1. The average Bonchev–Trinajstić information content (AvgIpc) is 3.27. The summed E-state index contributed by atoms with van der Waals surface area (Å²) in [6.45, 7) is 2.77. The number of anilines is 1. The lowest BCUT2D eigenvalue weighted by Gasteiger charge is -2.29. The number of hydrogen-bond donors (Lipinski definition) is 2. The highest BCUT2D eigenvalue weighted by atomic mass is 19.1. The fourth-order valence-electron chi connectivity index (χ4n) is 4.14. The first-order chi connectivity index (χ1) is 16.1. The van der Waals surface area contributed by atoms with Gasteiger partial charge in [0.2, 0.25) is 5.91 Å². The number of fused-ring (bicyclic) bond motifs is 1. The van der Waals surface area contributed by atoms with Crippen LogP contribution >= 0.6 is 0 Å². The van der Waals surface area contributed by atoms with E-state index < -0.39 is 11.7 Å². The molecule has 0 saturated carbocycles. The molecule has 0 unspecified atom stereocenters. The van der Waals surface area contributed by atoms with Gasteiger partial charge in [-0.3, -0.25) is 14.9 Å². The first kappa shape index (κ1) is 20.9. The maximum atomic E-state index is 14.7. The van der Waals surface area contributed by atoms with Crippen molar-refractivity contribution in [2.45, 2.75) is 0 Å². The zero-order valence-corrected chi connectivity index (χ0v) is 18.0. The van der Waals surface area contributed by atoms with Crippen molar-refractivity contribution in [2.75, 3.05) is 38.3 Å². The van der Waals surface area contributed by atoms with E-state index in [-0.39, 0.29) is 5.56 Å². The average molecular weight is 447 g/mol. The molecule has 3 N–H and O–H groups in total. The quantitative estimate of drug-likeness (QED) is 0.486. The Labute approximate surface area is 189 Å². The van der Waals surface area contributed by atoms with Crippen LogP contribution < -0.4 is 15.4 Å². The Morgan fingerprint density at radius 1 is 1.21 bits per heavy atom. The number of benzene rings is 2. The second-order valence-corrected chi connectivity index (χ2v) is 7.70. The van der Waals surface area contributed by atoms with E-state index in [1.807, 2.05) is 12.1 Å². The van der Waals surface area contributed by atoms with Crippen LogP contribution in [-0.2, 0) is 4.74 Å². The van der Waals surface area contributed by atoms with E-state index in [9.17, 15) is 9.18 Å². The van der Waals surface area contributed by atoms with Gasteiger partial charge in [-0.25, -0.2) is 4.39 Å². The number of rotatable bonds is 5. The molecule has 1 saturated heterocycles. The van der Waals surface area contributed by atoms with E-state index >= 15 is 0 Å². The summed E-state index contributed by atoms with van der Waals surface area (Å²) in [5.74, 6) is -0.628. The first-order valence-corrected chi connectivity index (χ1v) is 10.5. The number of nitrogens with zero attached hydrogens (tertiary/aromatic N) is 3. The number of aromatic amines is 1. The Morgan fingerprint density at radius 3 is 2.79 bits per heavy atom. The standard InChI is InChI=1S/C24H22FN5O3/c1-32-21-4-2-3-18(25)22(21)19-12-17-20(13-27-19)28-29-23(17)16-11-14(5-6-15(16)24(26)31)30-7-9-33-10-8-30/h2-6,11-13H,7-10H2,1H3,(H2,26,31)(H,28,29). The molecule has 5 rings (SSSR count). The molecular formula is C24H22FN5O3. The van der Waals surface area contributed by atoms with Crippen molar-refractivity contribution in [2.24, 2.45) is 5.73 Å². The molecule has 1 amide bonds. The van der Waals surface area contributed by atoms with Crippen molar-refractivity contribution in [3.05, 3.63) is 60.0 Å². The minimum absolute atomic E-state index is 0.256. The van der Waals surface area contributed by atoms with Gasteiger partial charge in [-0.1, -0.05) is 6.07 Å². The molecule has 168 valence electrons. The van der Waals surface area contributed by atoms with Crippen molar-refractivity contribution in [3.8, 4) is 28.3 Å². The monoisotopic (exact) mass is 447 g/mol.